The van der Waals surface area contributed by atoms with Crippen molar-refractivity contribution in [2.45, 2.75) is 52.0 Å². The summed E-state index contributed by atoms with van der Waals surface area (Å²) < 4.78 is 0. The first-order valence-electron chi connectivity index (χ1n) is 7.23. The van der Waals surface area contributed by atoms with Crippen LogP contribution in [0, 0.1) is 5.41 Å². The molecule has 3 heteroatoms. The van der Waals surface area contributed by atoms with Crippen LogP contribution in [0.4, 0.5) is 11.4 Å². The first-order chi connectivity index (χ1) is 9.01. The van der Waals surface area contributed by atoms with Crippen LogP contribution in [-0.2, 0) is 11.2 Å². The zero-order valence-electron chi connectivity index (χ0n) is 11.8. The third-order valence-corrected chi connectivity index (χ3v) is 4.76. The Morgan fingerprint density at radius 3 is 2.74 bits per heavy atom. The zero-order valence-corrected chi connectivity index (χ0v) is 11.8. The van der Waals surface area contributed by atoms with Gasteiger partial charge in [-0.25, -0.2) is 0 Å². The molecule has 1 fully saturated rings. The number of rotatable bonds is 1. The highest BCUT2D eigenvalue weighted by atomic mass is 16.2. The second-order valence-corrected chi connectivity index (χ2v) is 6.38. The first kappa shape index (κ1) is 12.5. The molecule has 19 heavy (non-hydrogen) atoms. The summed E-state index contributed by atoms with van der Waals surface area (Å²) in [6.45, 7) is 4.26. The summed E-state index contributed by atoms with van der Waals surface area (Å²) in [6.07, 6.45) is 5.33. The van der Waals surface area contributed by atoms with Crippen molar-refractivity contribution in [2.24, 2.45) is 5.41 Å². The maximum atomic E-state index is 12.9. The summed E-state index contributed by atoms with van der Waals surface area (Å²) in [5.41, 5.74) is 8.75. The topological polar surface area (TPSA) is 46.3 Å². The lowest BCUT2D eigenvalue weighted by Crippen LogP contribution is -2.44. The quantitative estimate of drug-likeness (QED) is 0.787. The molecular weight excluding hydrogens is 236 g/mol. The molecule has 0 bridgehead atoms. The van der Waals surface area contributed by atoms with Crippen molar-refractivity contribution >= 4 is 17.3 Å². The second kappa shape index (κ2) is 4.26. The summed E-state index contributed by atoms with van der Waals surface area (Å²) in [5.74, 6) is 0.307. The minimum atomic E-state index is -0.155. The molecule has 1 unspecified atom stereocenters. The highest BCUT2D eigenvalue weighted by molar-refractivity contribution is 6.00. The molecule has 1 aromatic rings. The predicted octanol–water partition coefficient (Wildman–Crippen LogP) is 3.13. The van der Waals surface area contributed by atoms with E-state index >= 15 is 0 Å². The van der Waals surface area contributed by atoms with Gasteiger partial charge in [0.2, 0.25) is 5.91 Å². The number of nitrogens with zero attached hydrogens (tertiary/aromatic N) is 1. The third kappa shape index (κ3) is 1.92. The minimum absolute atomic E-state index is 0.155. The molecule has 1 aromatic carbocycles. The van der Waals surface area contributed by atoms with Crippen molar-refractivity contribution in [3.05, 3.63) is 23.8 Å². The lowest BCUT2D eigenvalue weighted by atomic mass is 9.87. The lowest BCUT2D eigenvalue weighted by Gasteiger charge is -2.32. The Kier molecular flexibility index (Phi) is 2.80. The van der Waals surface area contributed by atoms with E-state index in [9.17, 15) is 4.79 Å². The van der Waals surface area contributed by atoms with Gasteiger partial charge in [-0.15, -0.1) is 0 Å². The molecule has 0 spiro atoms. The van der Waals surface area contributed by atoms with Gasteiger partial charge in [-0.2, -0.15) is 0 Å². The number of hydrogen-bond donors (Lipinski definition) is 1. The average molecular weight is 258 g/mol. The van der Waals surface area contributed by atoms with Crippen LogP contribution in [-0.4, -0.2) is 11.9 Å². The van der Waals surface area contributed by atoms with Crippen LogP contribution in [0.5, 0.6) is 0 Å². The van der Waals surface area contributed by atoms with Crippen LogP contribution in [0.15, 0.2) is 18.2 Å². The van der Waals surface area contributed by atoms with Gasteiger partial charge in [0.15, 0.2) is 0 Å². The van der Waals surface area contributed by atoms with Gasteiger partial charge in [-0.05, 0) is 49.9 Å². The molecular formula is C16H22N2O. The summed E-state index contributed by atoms with van der Waals surface area (Å²) in [7, 11) is 0. The van der Waals surface area contributed by atoms with E-state index < -0.39 is 0 Å². The fraction of sp³-hybridized carbons (Fsp3) is 0.562. The minimum Gasteiger partial charge on any atom is -0.399 e. The molecule has 1 aliphatic carbocycles. The summed E-state index contributed by atoms with van der Waals surface area (Å²) in [6, 6.07) is 6.16. The van der Waals surface area contributed by atoms with Crippen LogP contribution < -0.4 is 10.6 Å². The Labute approximate surface area is 114 Å². The number of carbonyl (C=O) groups is 1. The van der Waals surface area contributed by atoms with Gasteiger partial charge in [-0.3, -0.25) is 4.79 Å². The van der Waals surface area contributed by atoms with E-state index in [1.54, 1.807) is 0 Å². The Balaban J connectivity index is 1.96. The number of anilines is 2. The van der Waals surface area contributed by atoms with Gasteiger partial charge < -0.3 is 10.6 Å². The zero-order chi connectivity index (χ0) is 13.6. The molecule has 0 saturated heterocycles. The molecule has 3 nitrogen and oxygen atoms in total. The maximum Gasteiger partial charge on any atom is 0.233 e. The van der Waals surface area contributed by atoms with Crippen LogP contribution >= 0.6 is 0 Å². The molecule has 1 amide bonds. The van der Waals surface area contributed by atoms with Crippen molar-refractivity contribution in [3.63, 3.8) is 0 Å². The first-order valence-corrected chi connectivity index (χ1v) is 7.23. The molecule has 0 radical (unpaired) electrons. The number of fused-ring (bicyclic) bond motifs is 1. The van der Waals surface area contributed by atoms with E-state index in [1.165, 1.54) is 18.4 Å². The van der Waals surface area contributed by atoms with Crippen LogP contribution in [0.3, 0.4) is 0 Å². The number of benzene rings is 1. The smallest absolute Gasteiger partial charge is 0.233 e. The van der Waals surface area contributed by atoms with Gasteiger partial charge in [0.05, 0.1) is 0 Å². The van der Waals surface area contributed by atoms with E-state index in [-0.39, 0.29) is 11.5 Å². The molecule has 1 atom stereocenters. The van der Waals surface area contributed by atoms with E-state index in [4.69, 9.17) is 5.73 Å². The predicted molar refractivity (Wildman–Crippen MR) is 78.1 cm³/mol. The van der Waals surface area contributed by atoms with Crippen LogP contribution in [0.1, 0.15) is 45.1 Å². The van der Waals surface area contributed by atoms with Gasteiger partial charge in [0, 0.05) is 22.8 Å². The number of nitrogen functional groups attached to an aromatic ring is 1. The van der Waals surface area contributed by atoms with E-state index in [2.05, 4.69) is 13.8 Å². The Morgan fingerprint density at radius 2 is 2.05 bits per heavy atom. The SMILES string of the molecule is CC1Cc2cc(N)ccc2N1C(=O)C1(C)CCCC1. The van der Waals surface area contributed by atoms with E-state index in [0.29, 0.717) is 5.91 Å². The second-order valence-electron chi connectivity index (χ2n) is 6.38. The molecule has 1 saturated carbocycles. The van der Waals surface area contributed by atoms with Gasteiger partial charge in [0.25, 0.3) is 0 Å². The Bertz CT molecular complexity index is 517. The van der Waals surface area contributed by atoms with Gasteiger partial charge in [0.1, 0.15) is 0 Å². The van der Waals surface area contributed by atoms with Crippen molar-refractivity contribution < 1.29 is 4.79 Å². The monoisotopic (exact) mass is 258 g/mol. The van der Waals surface area contributed by atoms with Crippen LogP contribution in [0.2, 0.25) is 0 Å². The Morgan fingerprint density at radius 1 is 1.37 bits per heavy atom. The van der Waals surface area contributed by atoms with Crippen LogP contribution in [0.25, 0.3) is 0 Å². The molecule has 3 rings (SSSR count). The van der Waals surface area contributed by atoms with Crippen molar-refractivity contribution in [1.29, 1.82) is 0 Å². The molecule has 102 valence electrons. The maximum absolute atomic E-state index is 12.9. The highest BCUT2D eigenvalue weighted by Crippen LogP contribution is 2.43. The van der Waals surface area contributed by atoms with E-state index in [1.807, 2.05) is 23.1 Å². The van der Waals surface area contributed by atoms with Gasteiger partial charge in [-0.1, -0.05) is 19.8 Å². The fourth-order valence-electron chi connectivity index (χ4n) is 3.62. The van der Waals surface area contributed by atoms with Crippen molar-refractivity contribution in [2.75, 3.05) is 10.6 Å². The molecule has 2 aliphatic rings. The number of hydrogen-bond acceptors (Lipinski definition) is 2. The summed E-state index contributed by atoms with van der Waals surface area (Å²) in [4.78, 5) is 14.9. The number of amides is 1. The van der Waals surface area contributed by atoms with Crippen molar-refractivity contribution in [1.82, 2.24) is 0 Å². The standard InChI is InChI=1S/C16H22N2O/c1-11-9-12-10-13(17)5-6-14(12)18(11)15(19)16(2)7-3-4-8-16/h5-6,10-11H,3-4,7-9,17H2,1-2H3. The normalized spacial score (nSPS) is 24.5. The molecule has 1 heterocycles. The van der Waals surface area contributed by atoms with Crippen molar-refractivity contribution in [3.8, 4) is 0 Å². The molecule has 1 aliphatic heterocycles. The largest absolute Gasteiger partial charge is 0.399 e. The summed E-state index contributed by atoms with van der Waals surface area (Å²) in [5, 5.41) is 0. The van der Waals surface area contributed by atoms with Gasteiger partial charge >= 0.3 is 0 Å². The number of nitrogens with two attached hydrogens (primary N) is 1. The summed E-state index contributed by atoms with van der Waals surface area (Å²) >= 11 is 0. The average Bonchev–Trinajstić information content (AvgIpc) is 2.92. The molecule has 2 N–H and O–H groups in total. The Hall–Kier alpha value is -1.51. The number of carbonyl (C=O) groups excluding carboxylic acids is 1. The molecule has 0 aromatic heterocycles. The highest BCUT2D eigenvalue weighted by Gasteiger charge is 2.43. The van der Waals surface area contributed by atoms with E-state index in [0.717, 1.165) is 30.6 Å². The third-order valence-electron chi connectivity index (χ3n) is 4.76. The fourth-order valence-corrected chi connectivity index (χ4v) is 3.62. The lowest BCUT2D eigenvalue weighted by molar-refractivity contribution is -0.127.